The molecule has 0 aliphatic heterocycles. The van der Waals surface area contributed by atoms with Gasteiger partial charge in [-0.1, -0.05) is 0 Å². The summed E-state index contributed by atoms with van der Waals surface area (Å²) in [6.07, 6.45) is 4.33. The molecule has 2 rings (SSSR count). The molecule has 1 aromatic heterocycles. The molecule has 1 heterocycles. The normalized spacial score (nSPS) is 15.6. The van der Waals surface area contributed by atoms with E-state index in [2.05, 4.69) is 4.98 Å². The van der Waals surface area contributed by atoms with Crippen LogP contribution in [0.5, 0.6) is 0 Å². The Bertz CT molecular complexity index is 228. The molecule has 60 valence electrons. The van der Waals surface area contributed by atoms with Crippen molar-refractivity contribution >= 4 is 18.1 Å². The predicted octanol–water partition coefficient (Wildman–Crippen LogP) is 1.96. The maximum atomic E-state index is 5.48. The van der Waals surface area contributed by atoms with Crippen LogP contribution in [0, 0.1) is 0 Å². The lowest BCUT2D eigenvalue weighted by Gasteiger charge is -1.95. The van der Waals surface area contributed by atoms with Crippen molar-refractivity contribution in [2.75, 3.05) is 5.73 Å². The zero-order valence-electron chi connectivity index (χ0n) is 6.16. The molecule has 0 unspecified atom stereocenters. The number of hydrogen-bond acceptors (Lipinski definition) is 2. The molecule has 2 nitrogen and oxygen atoms in total. The largest absolute Gasteiger partial charge is 0.397 e. The molecular weight excluding hydrogens is 160 g/mol. The van der Waals surface area contributed by atoms with E-state index in [4.69, 9.17) is 5.73 Å². The molecule has 1 aliphatic rings. The summed E-state index contributed by atoms with van der Waals surface area (Å²) < 4.78 is 0. The van der Waals surface area contributed by atoms with Gasteiger partial charge in [0, 0.05) is 11.6 Å². The van der Waals surface area contributed by atoms with Gasteiger partial charge in [-0.3, -0.25) is 4.98 Å². The van der Waals surface area contributed by atoms with Crippen molar-refractivity contribution in [1.29, 1.82) is 0 Å². The molecule has 0 radical (unpaired) electrons. The number of halogens is 1. The Hall–Kier alpha value is -0.760. The van der Waals surface area contributed by atoms with Crippen molar-refractivity contribution in [3.63, 3.8) is 0 Å². The van der Waals surface area contributed by atoms with E-state index in [0.29, 0.717) is 0 Å². The van der Waals surface area contributed by atoms with E-state index < -0.39 is 0 Å². The number of aromatic nitrogens is 1. The van der Waals surface area contributed by atoms with Crippen LogP contribution in [0.2, 0.25) is 0 Å². The van der Waals surface area contributed by atoms with Crippen LogP contribution in [0.3, 0.4) is 0 Å². The van der Waals surface area contributed by atoms with Crippen LogP contribution in [0.4, 0.5) is 5.69 Å². The third-order valence-corrected chi connectivity index (χ3v) is 1.80. The minimum Gasteiger partial charge on any atom is -0.397 e. The van der Waals surface area contributed by atoms with Gasteiger partial charge in [-0.2, -0.15) is 0 Å². The number of nitrogens with two attached hydrogens (primary N) is 1. The zero-order valence-corrected chi connectivity index (χ0v) is 6.97. The van der Waals surface area contributed by atoms with E-state index in [1.54, 1.807) is 6.20 Å². The van der Waals surface area contributed by atoms with Crippen LogP contribution in [0.1, 0.15) is 24.5 Å². The van der Waals surface area contributed by atoms with Gasteiger partial charge in [0.15, 0.2) is 0 Å². The molecule has 0 amide bonds. The average Bonchev–Trinajstić information content (AvgIpc) is 2.71. The third-order valence-electron chi connectivity index (χ3n) is 1.80. The fourth-order valence-corrected chi connectivity index (χ4v) is 1.04. The Morgan fingerprint density at radius 3 is 2.55 bits per heavy atom. The minimum atomic E-state index is 0. The molecule has 0 spiro atoms. The Kier molecular flexibility index (Phi) is 2.35. The number of hydrogen-bond donors (Lipinski definition) is 1. The second-order valence-electron chi connectivity index (χ2n) is 2.79. The number of rotatable bonds is 1. The topological polar surface area (TPSA) is 38.9 Å². The van der Waals surface area contributed by atoms with Crippen LogP contribution in [0.15, 0.2) is 18.3 Å². The fourth-order valence-electron chi connectivity index (χ4n) is 1.04. The number of pyridine rings is 1. The van der Waals surface area contributed by atoms with Gasteiger partial charge < -0.3 is 5.73 Å². The summed E-state index contributed by atoms with van der Waals surface area (Å²) in [5.41, 5.74) is 7.44. The van der Waals surface area contributed by atoms with E-state index in [9.17, 15) is 0 Å². The van der Waals surface area contributed by atoms with Crippen LogP contribution in [0.25, 0.3) is 0 Å². The maximum absolute atomic E-state index is 5.48. The molecule has 1 aliphatic carbocycles. The van der Waals surface area contributed by atoms with Gasteiger partial charge in [0.1, 0.15) is 0 Å². The smallest absolute Gasteiger partial charge is 0.0501 e. The first-order valence-corrected chi connectivity index (χ1v) is 3.58. The Labute approximate surface area is 72.2 Å². The average molecular weight is 171 g/mol. The second kappa shape index (κ2) is 3.09. The first-order valence-electron chi connectivity index (χ1n) is 3.58. The van der Waals surface area contributed by atoms with Crippen molar-refractivity contribution < 1.29 is 0 Å². The minimum absolute atomic E-state index is 0. The standard InChI is InChI=1S/C8H10N2.ClH/c9-7-3-4-8(10-5-7)6-1-2-6;/h3-6H,1-2,9H2;1H. The van der Waals surface area contributed by atoms with Crippen molar-refractivity contribution in [3.05, 3.63) is 24.0 Å². The summed E-state index contributed by atoms with van der Waals surface area (Å²) in [6.45, 7) is 0. The zero-order chi connectivity index (χ0) is 6.97. The molecule has 1 fully saturated rings. The quantitative estimate of drug-likeness (QED) is 0.700. The summed E-state index contributed by atoms with van der Waals surface area (Å²) in [6, 6.07) is 3.94. The fraction of sp³-hybridized carbons (Fsp3) is 0.375. The van der Waals surface area contributed by atoms with Crippen LogP contribution < -0.4 is 5.73 Å². The van der Waals surface area contributed by atoms with Crippen molar-refractivity contribution in [3.8, 4) is 0 Å². The molecule has 11 heavy (non-hydrogen) atoms. The Balaban J connectivity index is 0.000000605. The van der Waals surface area contributed by atoms with Crippen LogP contribution in [-0.4, -0.2) is 4.98 Å². The van der Waals surface area contributed by atoms with Gasteiger partial charge in [-0.25, -0.2) is 0 Å². The maximum Gasteiger partial charge on any atom is 0.0501 e. The highest BCUT2D eigenvalue weighted by molar-refractivity contribution is 5.85. The lowest BCUT2D eigenvalue weighted by molar-refractivity contribution is 1.02. The molecular formula is C8H11ClN2. The SMILES string of the molecule is Cl.Nc1ccc(C2CC2)nc1. The van der Waals surface area contributed by atoms with Crippen molar-refractivity contribution in [2.45, 2.75) is 18.8 Å². The Morgan fingerprint density at radius 1 is 1.36 bits per heavy atom. The number of nitrogen functional groups attached to an aromatic ring is 1. The summed E-state index contributed by atoms with van der Waals surface area (Å²) in [4.78, 5) is 4.22. The molecule has 1 saturated carbocycles. The summed E-state index contributed by atoms with van der Waals surface area (Å²) >= 11 is 0. The highest BCUT2D eigenvalue weighted by atomic mass is 35.5. The van der Waals surface area contributed by atoms with Crippen LogP contribution >= 0.6 is 12.4 Å². The van der Waals surface area contributed by atoms with E-state index >= 15 is 0 Å². The molecule has 2 N–H and O–H groups in total. The van der Waals surface area contributed by atoms with Gasteiger partial charge >= 0.3 is 0 Å². The van der Waals surface area contributed by atoms with E-state index in [1.807, 2.05) is 12.1 Å². The first kappa shape index (κ1) is 8.34. The van der Waals surface area contributed by atoms with Gasteiger partial charge in [-0.15, -0.1) is 12.4 Å². The lowest BCUT2D eigenvalue weighted by Crippen LogP contribution is -1.89. The summed E-state index contributed by atoms with van der Waals surface area (Å²) in [7, 11) is 0. The first-order chi connectivity index (χ1) is 4.86. The highest BCUT2D eigenvalue weighted by Crippen LogP contribution is 2.38. The van der Waals surface area contributed by atoms with Gasteiger partial charge in [0.2, 0.25) is 0 Å². The highest BCUT2D eigenvalue weighted by Gasteiger charge is 2.24. The monoisotopic (exact) mass is 170 g/mol. The molecule has 0 atom stereocenters. The molecule has 1 aromatic rings. The summed E-state index contributed by atoms with van der Waals surface area (Å²) in [5.74, 6) is 0.737. The van der Waals surface area contributed by atoms with E-state index in [1.165, 1.54) is 18.5 Å². The van der Waals surface area contributed by atoms with Gasteiger partial charge in [0.05, 0.1) is 11.9 Å². The number of nitrogens with zero attached hydrogens (tertiary/aromatic N) is 1. The third kappa shape index (κ3) is 1.84. The van der Waals surface area contributed by atoms with Crippen molar-refractivity contribution in [2.24, 2.45) is 0 Å². The van der Waals surface area contributed by atoms with Crippen LogP contribution in [-0.2, 0) is 0 Å². The molecule has 3 heteroatoms. The van der Waals surface area contributed by atoms with Crippen molar-refractivity contribution in [1.82, 2.24) is 4.98 Å². The van der Waals surface area contributed by atoms with E-state index in [-0.39, 0.29) is 12.4 Å². The molecule has 0 aromatic carbocycles. The summed E-state index contributed by atoms with van der Waals surface area (Å²) in [5, 5.41) is 0. The van der Waals surface area contributed by atoms with Gasteiger partial charge in [-0.05, 0) is 25.0 Å². The molecule has 0 saturated heterocycles. The van der Waals surface area contributed by atoms with Gasteiger partial charge in [0.25, 0.3) is 0 Å². The van der Waals surface area contributed by atoms with E-state index in [0.717, 1.165) is 11.6 Å². The number of anilines is 1. The lowest BCUT2D eigenvalue weighted by atomic mass is 10.2. The molecule has 0 bridgehead atoms. The second-order valence-corrected chi connectivity index (χ2v) is 2.79. The Morgan fingerprint density at radius 2 is 2.09 bits per heavy atom. The predicted molar refractivity (Wildman–Crippen MR) is 47.9 cm³/mol.